The highest BCUT2D eigenvalue weighted by molar-refractivity contribution is 7.80. The highest BCUT2D eigenvalue weighted by atomic mass is 32.1. The standard InChI is InChI=1S/C22H29N3S/c1-16-13-17(2)15-20(14-16)24-22(26)23-18(3)19-7-9-21(10-8-19)25-11-5-4-6-12-25/h7-10,13-15,18H,4-6,11-12H2,1-3H3,(H2,23,24,26). The molecule has 2 N–H and O–H groups in total. The molecule has 0 saturated carbocycles. The Balaban J connectivity index is 1.58. The van der Waals surface area contributed by atoms with Crippen molar-refractivity contribution in [3.05, 3.63) is 59.2 Å². The largest absolute Gasteiger partial charge is 0.372 e. The van der Waals surface area contributed by atoms with Crippen molar-refractivity contribution in [2.24, 2.45) is 0 Å². The van der Waals surface area contributed by atoms with Crippen LogP contribution in [-0.4, -0.2) is 18.2 Å². The Morgan fingerprint density at radius 1 is 0.962 bits per heavy atom. The van der Waals surface area contributed by atoms with Crippen LogP contribution < -0.4 is 15.5 Å². The molecule has 1 heterocycles. The molecule has 1 fully saturated rings. The number of hydrogen-bond donors (Lipinski definition) is 2. The number of nitrogens with zero attached hydrogens (tertiary/aromatic N) is 1. The molecule has 1 aliphatic heterocycles. The van der Waals surface area contributed by atoms with Gasteiger partial charge in [-0.15, -0.1) is 0 Å². The highest BCUT2D eigenvalue weighted by Crippen LogP contribution is 2.22. The lowest BCUT2D eigenvalue weighted by atomic mass is 10.1. The van der Waals surface area contributed by atoms with E-state index in [9.17, 15) is 0 Å². The molecule has 0 bridgehead atoms. The highest BCUT2D eigenvalue weighted by Gasteiger charge is 2.12. The lowest BCUT2D eigenvalue weighted by molar-refractivity contribution is 0.577. The van der Waals surface area contributed by atoms with Crippen molar-refractivity contribution in [2.75, 3.05) is 23.3 Å². The lowest BCUT2D eigenvalue weighted by Gasteiger charge is -2.29. The van der Waals surface area contributed by atoms with Crippen LogP contribution in [0.5, 0.6) is 0 Å². The summed E-state index contributed by atoms with van der Waals surface area (Å²) in [6, 6.07) is 15.4. The summed E-state index contributed by atoms with van der Waals surface area (Å²) >= 11 is 5.50. The summed E-state index contributed by atoms with van der Waals surface area (Å²) in [5.41, 5.74) is 6.08. The first-order chi connectivity index (χ1) is 12.5. The molecular formula is C22H29N3S. The second kappa shape index (κ2) is 8.54. The van der Waals surface area contributed by atoms with Gasteiger partial charge in [0.25, 0.3) is 0 Å². The van der Waals surface area contributed by atoms with Crippen LogP contribution in [0.4, 0.5) is 11.4 Å². The molecule has 26 heavy (non-hydrogen) atoms. The quantitative estimate of drug-likeness (QED) is 0.713. The predicted octanol–water partition coefficient (Wildman–Crippen LogP) is 5.34. The van der Waals surface area contributed by atoms with Crippen LogP contribution in [0.25, 0.3) is 0 Å². The maximum Gasteiger partial charge on any atom is 0.171 e. The molecule has 2 aromatic carbocycles. The van der Waals surface area contributed by atoms with Crippen LogP contribution in [0.3, 0.4) is 0 Å². The average molecular weight is 368 g/mol. The maximum absolute atomic E-state index is 5.50. The van der Waals surface area contributed by atoms with E-state index < -0.39 is 0 Å². The van der Waals surface area contributed by atoms with E-state index in [1.165, 1.54) is 54.7 Å². The van der Waals surface area contributed by atoms with E-state index >= 15 is 0 Å². The van der Waals surface area contributed by atoms with E-state index in [2.05, 4.69) is 78.8 Å². The molecule has 0 aromatic heterocycles. The van der Waals surface area contributed by atoms with Gasteiger partial charge in [-0.3, -0.25) is 0 Å². The van der Waals surface area contributed by atoms with Crippen molar-refractivity contribution in [1.29, 1.82) is 0 Å². The molecule has 1 atom stereocenters. The van der Waals surface area contributed by atoms with Gasteiger partial charge in [0.2, 0.25) is 0 Å². The van der Waals surface area contributed by atoms with Crippen molar-refractivity contribution in [3.63, 3.8) is 0 Å². The van der Waals surface area contributed by atoms with E-state index in [4.69, 9.17) is 12.2 Å². The topological polar surface area (TPSA) is 27.3 Å². The van der Waals surface area contributed by atoms with Crippen molar-refractivity contribution >= 4 is 28.7 Å². The summed E-state index contributed by atoms with van der Waals surface area (Å²) in [7, 11) is 0. The minimum atomic E-state index is 0.163. The number of anilines is 2. The first kappa shape index (κ1) is 18.7. The minimum Gasteiger partial charge on any atom is -0.372 e. The molecule has 1 saturated heterocycles. The molecule has 1 unspecified atom stereocenters. The molecule has 0 amide bonds. The van der Waals surface area contributed by atoms with E-state index in [0.29, 0.717) is 5.11 Å². The van der Waals surface area contributed by atoms with Crippen molar-refractivity contribution in [2.45, 2.75) is 46.1 Å². The minimum absolute atomic E-state index is 0.163. The molecule has 4 heteroatoms. The van der Waals surface area contributed by atoms with Gasteiger partial charge in [-0.2, -0.15) is 0 Å². The van der Waals surface area contributed by atoms with Crippen LogP contribution in [0.15, 0.2) is 42.5 Å². The summed E-state index contributed by atoms with van der Waals surface area (Å²) in [4.78, 5) is 2.48. The van der Waals surface area contributed by atoms with Gasteiger partial charge in [-0.05, 0) is 93.2 Å². The Morgan fingerprint density at radius 2 is 1.58 bits per heavy atom. The van der Waals surface area contributed by atoms with Crippen LogP contribution in [-0.2, 0) is 0 Å². The van der Waals surface area contributed by atoms with Crippen LogP contribution in [0.2, 0.25) is 0 Å². The first-order valence-electron chi connectivity index (χ1n) is 9.52. The molecule has 3 rings (SSSR count). The zero-order valence-corrected chi connectivity index (χ0v) is 16.8. The monoisotopic (exact) mass is 367 g/mol. The second-order valence-electron chi connectivity index (χ2n) is 7.34. The molecule has 0 radical (unpaired) electrons. The number of aryl methyl sites for hydroxylation is 2. The number of thiocarbonyl (C=S) groups is 1. The molecule has 0 spiro atoms. The normalized spacial score (nSPS) is 15.4. The molecular weight excluding hydrogens is 338 g/mol. The van der Waals surface area contributed by atoms with Crippen LogP contribution >= 0.6 is 12.2 Å². The number of hydrogen-bond acceptors (Lipinski definition) is 2. The van der Waals surface area contributed by atoms with Crippen molar-refractivity contribution < 1.29 is 0 Å². The van der Waals surface area contributed by atoms with Crippen LogP contribution in [0.1, 0.15) is 48.9 Å². The van der Waals surface area contributed by atoms with Gasteiger partial charge < -0.3 is 15.5 Å². The van der Waals surface area contributed by atoms with E-state index in [1.54, 1.807) is 0 Å². The SMILES string of the molecule is Cc1cc(C)cc(NC(=S)NC(C)c2ccc(N3CCCCC3)cc2)c1. The third-order valence-corrected chi connectivity index (χ3v) is 5.16. The fourth-order valence-corrected chi connectivity index (χ4v) is 3.91. The van der Waals surface area contributed by atoms with Gasteiger partial charge in [0, 0.05) is 24.5 Å². The van der Waals surface area contributed by atoms with Gasteiger partial charge in [0.05, 0.1) is 6.04 Å². The summed E-state index contributed by atoms with van der Waals surface area (Å²) < 4.78 is 0. The Kier molecular flexibility index (Phi) is 6.15. The zero-order valence-electron chi connectivity index (χ0n) is 16.0. The Bertz CT molecular complexity index is 728. The van der Waals surface area contributed by atoms with Gasteiger partial charge in [-0.1, -0.05) is 18.2 Å². The fraction of sp³-hybridized carbons (Fsp3) is 0.409. The number of nitrogens with one attached hydrogen (secondary N) is 2. The van der Waals surface area contributed by atoms with E-state index in [-0.39, 0.29) is 6.04 Å². The Labute approximate surface area is 162 Å². The molecule has 3 nitrogen and oxygen atoms in total. The lowest BCUT2D eigenvalue weighted by Crippen LogP contribution is -2.31. The predicted molar refractivity (Wildman–Crippen MR) is 116 cm³/mol. The van der Waals surface area contributed by atoms with E-state index in [1.807, 2.05) is 0 Å². The summed E-state index contributed by atoms with van der Waals surface area (Å²) in [5.74, 6) is 0. The average Bonchev–Trinajstić information content (AvgIpc) is 2.61. The maximum atomic E-state index is 5.50. The summed E-state index contributed by atoms with van der Waals surface area (Å²) in [6.07, 6.45) is 3.97. The van der Waals surface area contributed by atoms with Gasteiger partial charge >= 0.3 is 0 Å². The molecule has 0 aliphatic carbocycles. The number of piperidine rings is 1. The van der Waals surface area contributed by atoms with Gasteiger partial charge in [-0.25, -0.2) is 0 Å². The first-order valence-corrected chi connectivity index (χ1v) is 9.93. The smallest absolute Gasteiger partial charge is 0.171 e. The number of benzene rings is 2. The second-order valence-corrected chi connectivity index (χ2v) is 7.74. The van der Waals surface area contributed by atoms with Crippen molar-refractivity contribution in [1.82, 2.24) is 5.32 Å². The van der Waals surface area contributed by atoms with Gasteiger partial charge in [0.15, 0.2) is 5.11 Å². The Hall–Kier alpha value is -2.07. The third kappa shape index (κ3) is 4.98. The molecule has 138 valence electrons. The Morgan fingerprint density at radius 3 is 2.19 bits per heavy atom. The summed E-state index contributed by atoms with van der Waals surface area (Å²) in [5, 5.41) is 7.34. The fourth-order valence-electron chi connectivity index (χ4n) is 3.62. The van der Waals surface area contributed by atoms with Crippen LogP contribution in [0, 0.1) is 13.8 Å². The summed E-state index contributed by atoms with van der Waals surface area (Å²) in [6.45, 7) is 8.70. The molecule has 1 aliphatic rings. The van der Waals surface area contributed by atoms with E-state index in [0.717, 1.165) is 5.69 Å². The number of rotatable bonds is 4. The van der Waals surface area contributed by atoms with Crippen molar-refractivity contribution in [3.8, 4) is 0 Å². The van der Waals surface area contributed by atoms with Gasteiger partial charge in [0.1, 0.15) is 0 Å². The molecule has 2 aromatic rings. The third-order valence-electron chi connectivity index (χ3n) is 4.94. The zero-order chi connectivity index (χ0) is 18.5.